The van der Waals surface area contributed by atoms with E-state index >= 15 is 0 Å². The lowest BCUT2D eigenvalue weighted by Gasteiger charge is -2.43. The summed E-state index contributed by atoms with van der Waals surface area (Å²) in [5, 5.41) is 3.50. The van der Waals surface area contributed by atoms with Gasteiger partial charge in [-0.25, -0.2) is 0 Å². The third kappa shape index (κ3) is 1.90. The maximum absolute atomic E-state index is 3.50. The highest BCUT2D eigenvalue weighted by Crippen LogP contribution is 2.43. The van der Waals surface area contributed by atoms with Gasteiger partial charge in [-0.3, -0.25) is 0 Å². The zero-order chi connectivity index (χ0) is 9.26. The first-order valence-corrected chi connectivity index (χ1v) is 6.00. The summed E-state index contributed by atoms with van der Waals surface area (Å²) < 4.78 is 0. The molecule has 1 heteroatoms. The van der Waals surface area contributed by atoms with Crippen molar-refractivity contribution in [3.05, 3.63) is 0 Å². The Hall–Kier alpha value is -0.0400. The molecule has 1 N–H and O–H groups in total. The van der Waals surface area contributed by atoms with Crippen LogP contribution >= 0.6 is 0 Å². The average molecular weight is 181 g/mol. The van der Waals surface area contributed by atoms with E-state index in [1.54, 1.807) is 0 Å². The van der Waals surface area contributed by atoms with Gasteiger partial charge in [-0.05, 0) is 56.9 Å². The summed E-state index contributed by atoms with van der Waals surface area (Å²) in [6.45, 7) is 2.36. The van der Waals surface area contributed by atoms with E-state index in [4.69, 9.17) is 0 Å². The molecule has 2 bridgehead atoms. The molecule has 0 aliphatic heterocycles. The van der Waals surface area contributed by atoms with Gasteiger partial charge in [0.25, 0.3) is 0 Å². The summed E-state index contributed by atoms with van der Waals surface area (Å²) in [6, 6.07) is 0.839. The van der Waals surface area contributed by atoms with Gasteiger partial charge in [-0.2, -0.15) is 0 Å². The van der Waals surface area contributed by atoms with Crippen LogP contribution in [-0.2, 0) is 0 Å². The fourth-order valence-electron chi connectivity index (χ4n) is 3.54. The lowest BCUT2D eigenvalue weighted by molar-refractivity contribution is 0.104. The fourth-order valence-corrected chi connectivity index (χ4v) is 3.54. The SMILES string of the molecule is CCC1CC2CCC(NC)C(C1)C2. The van der Waals surface area contributed by atoms with Crippen LogP contribution in [0, 0.1) is 17.8 Å². The molecule has 0 amide bonds. The second kappa shape index (κ2) is 4.00. The number of hydrogen-bond donors (Lipinski definition) is 1. The van der Waals surface area contributed by atoms with Crippen LogP contribution in [0.1, 0.15) is 45.4 Å². The molecule has 2 fully saturated rings. The standard InChI is InChI=1S/C12H23N/c1-3-9-6-10-4-5-12(13-2)11(7-9)8-10/h9-13H,3-8H2,1-2H3. The first kappa shape index (κ1) is 9.51. The van der Waals surface area contributed by atoms with E-state index < -0.39 is 0 Å². The van der Waals surface area contributed by atoms with Crippen LogP contribution in [0.15, 0.2) is 0 Å². The van der Waals surface area contributed by atoms with Crippen molar-refractivity contribution < 1.29 is 0 Å². The second-order valence-electron chi connectivity index (χ2n) is 5.08. The molecule has 4 unspecified atom stereocenters. The Labute approximate surface area is 82.3 Å². The third-order valence-corrected chi connectivity index (χ3v) is 4.34. The predicted octanol–water partition coefficient (Wildman–Crippen LogP) is 2.81. The summed E-state index contributed by atoms with van der Waals surface area (Å²) in [4.78, 5) is 0. The van der Waals surface area contributed by atoms with Gasteiger partial charge in [-0.1, -0.05) is 13.3 Å². The molecule has 0 aromatic heterocycles. The van der Waals surface area contributed by atoms with Crippen molar-refractivity contribution in [3.8, 4) is 0 Å². The molecule has 0 aromatic carbocycles. The van der Waals surface area contributed by atoms with Crippen LogP contribution in [0.5, 0.6) is 0 Å². The Balaban J connectivity index is 1.98. The van der Waals surface area contributed by atoms with Gasteiger partial charge in [0.2, 0.25) is 0 Å². The maximum Gasteiger partial charge on any atom is 0.00926 e. The molecular formula is C12H23N. The van der Waals surface area contributed by atoms with Crippen molar-refractivity contribution in [1.82, 2.24) is 5.32 Å². The molecule has 2 rings (SSSR count). The Bertz CT molecular complexity index is 167. The Kier molecular flexibility index (Phi) is 2.92. The van der Waals surface area contributed by atoms with Crippen LogP contribution in [0.4, 0.5) is 0 Å². The number of hydrogen-bond acceptors (Lipinski definition) is 1. The largest absolute Gasteiger partial charge is 0.317 e. The first-order chi connectivity index (χ1) is 6.33. The molecule has 0 heterocycles. The third-order valence-electron chi connectivity index (χ3n) is 4.34. The summed E-state index contributed by atoms with van der Waals surface area (Å²) >= 11 is 0. The molecule has 2 saturated carbocycles. The van der Waals surface area contributed by atoms with Crippen LogP contribution in [0.25, 0.3) is 0 Å². The smallest absolute Gasteiger partial charge is 0.00926 e. The molecule has 2 aliphatic rings. The van der Waals surface area contributed by atoms with Gasteiger partial charge >= 0.3 is 0 Å². The van der Waals surface area contributed by atoms with Crippen LogP contribution in [0.3, 0.4) is 0 Å². The van der Waals surface area contributed by atoms with Gasteiger partial charge in [0.05, 0.1) is 0 Å². The van der Waals surface area contributed by atoms with Gasteiger partial charge in [0, 0.05) is 6.04 Å². The number of rotatable bonds is 2. The highest BCUT2D eigenvalue weighted by Gasteiger charge is 2.35. The zero-order valence-electron chi connectivity index (χ0n) is 9.05. The van der Waals surface area contributed by atoms with Crippen molar-refractivity contribution in [3.63, 3.8) is 0 Å². The molecule has 0 radical (unpaired) electrons. The number of nitrogens with one attached hydrogen (secondary N) is 1. The Morgan fingerprint density at radius 1 is 1.15 bits per heavy atom. The lowest BCUT2D eigenvalue weighted by Crippen LogP contribution is -2.42. The van der Waals surface area contributed by atoms with Crippen molar-refractivity contribution in [2.75, 3.05) is 7.05 Å². The second-order valence-corrected chi connectivity index (χ2v) is 5.08. The lowest BCUT2D eigenvalue weighted by atomic mass is 9.65. The van der Waals surface area contributed by atoms with Crippen molar-refractivity contribution in [2.24, 2.45) is 17.8 Å². The molecule has 0 saturated heterocycles. The summed E-state index contributed by atoms with van der Waals surface area (Å²) in [5.41, 5.74) is 0. The van der Waals surface area contributed by atoms with E-state index in [1.807, 2.05) is 0 Å². The number of fused-ring (bicyclic) bond motifs is 2. The maximum atomic E-state index is 3.50. The van der Waals surface area contributed by atoms with Crippen LogP contribution < -0.4 is 5.32 Å². The molecule has 2 aliphatic carbocycles. The topological polar surface area (TPSA) is 12.0 Å². The van der Waals surface area contributed by atoms with E-state index in [-0.39, 0.29) is 0 Å². The van der Waals surface area contributed by atoms with E-state index in [0.29, 0.717) is 0 Å². The molecule has 0 spiro atoms. The normalized spacial score (nSPS) is 44.8. The van der Waals surface area contributed by atoms with Crippen molar-refractivity contribution in [1.29, 1.82) is 0 Å². The van der Waals surface area contributed by atoms with E-state index in [0.717, 1.165) is 23.8 Å². The van der Waals surface area contributed by atoms with Gasteiger partial charge < -0.3 is 5.32 Å². The quantitative estimate of drug-likeness (QED) is 0.690. The Morgan fingerprint density at radius 3 is 2.69 bits per heavy atom. The highest BCUT2D eigenvalue weighted by atomic mass is 14.9. The first-order valence-electron chi connectivity index (χ1n) is 6.00. The minimum Gasteiger partial charge on any atom is -0.317 e. The van der Waals surface area contributed by atoms with Crippen LogP contribution in [-0.4, -0.2) is 13.1 Å². The van der Waals surface area contributed by atoms with E-state index in [1.165, 1.54) is 38.5 Å². The molecule has 13 heavy (non-hydrogen) atoms. The van der Waals surface area contributed by atoms with Crippen LogP contribution in [0.2, 0.25) is 0 Å². The van der Waals surface area contributed by atoms with E-state index in [9.17, 15) is 0 Å². The monoisotopic (exact) mass is 181 g/mol. The molecule has 76 valence electrons. The van der Waals surface area contributed by atoms with Gasteiger partial charge in [-0.15, -0.1) is 0 Å². The molecule has 0 aromatic rings. The molecule has 4 atom stereocenters. The van der Waals surface area contributed by atoms with Crippen molar-refractivity contribution >= 4 is 0 Å². The summed E-state index contributed by atoms with van der Waals surface area (Å²) in [7, 11) is 2.14. The highest BCUT2D eigenvalue weighted by molar-refractivity contribution is 4.90. The zero-order valence-corrected chi connectivity index (χ0v) is 9.05. The average Bonchev–Trinajstić information content (AvgIpc) is 2.18. The molecular weight excluding hydrogens is 158 g/mol. The predicted molar refractivity (Wildman–Crippen MR) is 56.7 cm³/mol. The van der Waals surface area contributed by atoms with Gasteiger partial charge in [0.15, 0.2) is 0 Å². The van der Waals surface area contributed by atoms with Crippen molar-refractivity contribution in [2.45, 2.75) is 51.5 Å². The summed E-state index contributed by atoms with van der Waals surface area (Å²) in [5.74, 6) is 3.12. The van der Waals surface area contributed by atoms with E-state index in [2.05, 4.69) is 19.3 Å². The minimum atomic E-state index is 0.839. The fraction of sp³-hybridized carbons (Fsp3) is 1.00. The molecule has 1 nitrogen and oxygen atoms in total. The van der Waals surface area contributed by atoms with Gasteiger partial charge in [0.1, 0.15) is 0 Å². The minimum absolute atomic E-state index is 0.839. The Morgan fingerprint density at radius 2 is 2.00 bits per heavy atom. The summed E-state index contributed by atoms with van der Waals surface area (Å²) in [6.07, 6.45) is 8.87.